The number of likely N-dealkylation sites (N-methyl/N-ethyl adjacent to an activating group) is 1. The Bertz CT molecular complexity index is 391. The lowest BCUT2D eigenvalue weighted by Crippen LogP contribution is -2.29. The minimum absolute atomic E-state index is 0.231. The third-order valence-electron chi connectivity index (χ3n) is 2.57. The second-order valence-electron chi connectivity index (χ2n) is 3.73. The summed E-state index contributed by atoms with van der Waals surface area (Å²) in [5.74, 6) is 0.0255. The molecule has 1 aliphatic rings. The first-order chi connectivity index (χ1) is 7.20. The second-order valence-corrected chi connectivity index (χ2v) is 3.73. The van der Waals surface area contributed by atoms with E-state index in [2.05, 4.69) is 20.2 Å². The van der Waals surface area contributed by atoms with Crippen LogP contribution < -0.4 is 5.32 Å². The Hall–Kier alpha value is -1.49. The highest BCUT2D eigenvalue weighted by Crippen LogP contribution is 2.14. The highest BCUT2D eigenvalue weighted by molar-refractivity contribution is 5.90. The van der Waals surface area contributed by atoms with Crippen molar-refractivity contribution >= 4 is 5.91 Å². The summed E-state index contributed by atoms with van der Waals surface area (Å²) < 4.78 is 0. The lowest BCUT2D eigenvalue weighted by atomic mass is 10.1. The van der Waals surface area contributed by atoms with Crippen LogP contribution in [0.2, 0.25) is 0 Å². The highest BCUT2D eigenvalue weighted by Gasteiger charge is 2.17. The van der Waals surface area contributed by atoms with Crippen molar-refractivity contribution in [3.63, 3.8) is 0 Å². The van der Waals surface area contributed by atoms with Gasteiger partial charge in [0.1, 0.15) is 0 Å². The van der Waals surface area contributed by atoms with Gasteiger partial charge in [0.05, 0.1) is 5.69 Å². The molecule has 1 amide bonds. The van der Waals surface area contributed by atoms with Crippen LogP contribution in [-0.4, -0.2) is 41.4 Å². The van der Waals surface area contributed by atoms with Crippen molar-refractivity contribution in [2.45, 2.75) is 13.0 Å². The smallest absolute Gasteiger partial charge is 0.288 e. The zero-order valence-corrected chi connectivity index (χ0v) is 8.95. The summed E-state index contributed by atoms with van der Waals surface area (Å²) >= 11 is 0. The van der Waals surface area contributed by atoms with E-state index < -0.39 is 0 Å². The van der Waals surface area contributed by atoms with Gasteiger partial charge >= 0.3 is 0 Å². The fraction of sp³-hybridized carbons (Fsp3) is 0.500. The Labute approximate surface area is 88.5 Å². The molecule has 0 aliphatic carbocycles. The normalized spacial score (nSPS) is 15.9. The molecule has 0 bridgehead atoms. The Balaban J connectivity index is 2.32. The van der Waals surface area contributed by atoms with Gasteiger partial charge in [-0.05, 0) is 19.0 Å². The number of hydrogen-bond acceptors (Lipinski definition) is 4. The molecule has 1 N–H and O–H groups in total. The molecule has 0 saturated heterocycles. The van der Waals surface area contributed by atoms with E-state index in [4.69, 9.17) is 0 Å². The van der Waals surface area contributed by atoms with Crippen molar-refractivity contribution in [1.29, 1.82) is 0 Å². The average molecular weight is 206 g/mol. The summed E-state index contributed by atoms with van der Waals surface area (Å²) in [6.45, 7) is 1.82. The molecule has 1 aromatic rings. The molecule has 0 unspecified atom stereocenters. The van der Waals surface area contributed by atoms with E-state index in [-0.39, 0.29) is 11.7 Å². The van der Waals surface area contributed by atoms with Crippen LogP contribution in [0.15, 0.2) is 6.20 Å². The molecule has 1 aliphatic heterocycles. The summed E-state index contributed by atoms with van der Waals surface area (Å²) in [7, 11) is 3.63. The monoisotopic (exact) mass is 206 g/mol. The minimum Gasteiger partial charge on any atom is -0.352 e. The topological polar surface area (TPSA) is 58.1 Å². The van der Waals surface area contributed by atoms with E-state index in [1.165, 1.54) is 0 Å². The van der Waals surface area contributed by atoms with Crippen molar-refractivity contribution in [2.75, 3.05) is 20.6 Å². The Morgan fingerprint density at radius 2 is 2.40 bits per heavy atom. The zero-order valence-electron chi connectivity index (χ0n) is 8.95. The van der Waals surface area contributed by atoms with Gasteiger partial charge in [0.25, 0.3) is 5.91 Å². The van der Waals surface area contributed by atoms with Gasteiger partial charge < -0.3 is 10.2 Å². The van der Waals surface area contributed by atoms with Crippen LogP contribution in [0, 0.1) is 0 Å². The minimum atomic E-state index is -0.231. The molecule has 2 rings (SSSR count). The van der Waals surface area contributed by atoms with Crippen LogP contribution in [0.1, 0.15) is 21.9 Å². The summed E-state index contributed by atoms with van der Waals surface area (Å²) in [4.78, 5) is 21.8. The van der Waals surface area contributed by atoms with Gasteiger partial charge in [-0.1, -0.05) is 0 Å². The molecule has 15 heavy (non-hydrogen) atoms. The maximum Gasteiger partial charge on any atom is 0.288 e. The van der Waals surface area contributed by atoms with E-state index >= 15 is 0 Å². The molecular formula is C10H14N4O. The van der Waals surface area contributed by atoms with E-state index in [9.17, 15) is 4.79 Å². The number of carbonyl (C=O) groups is 1. The molecule has 0 atom stereocenters. The first-order valence-corrected chi connectivity index (χ1v) is 4.96. The standard InChI is InChI=1S/C10H14N4O/c1-11-10(15)9-12-5-7-3-4-14(2)6-8(7)13-9/h5H,3-4,6H2,1-2H3,(H,11,15). The molecule has 0 saturated carbocycles. The molecule has 0 radical (unpaired) electrons. The highest BCUT2D eigenvalue weighted by atomic mass is 16.2. The predicted molar refractivity (Wildman–Crippen MR) is 55.5 cm³/mol. The van der Waals surface area contributed by atoms with Crippen LogP contribution >= 0.6 is 0 Å². The first-order valence-electron chi connectivity index (χ1n) is 4.96. The molecule has 0 fully saturated rings. The fourth-order valence-corrected chi connectivity index (χ4v) is 1.66. The maximum atomic E-state index is 11.3. The van der Waals surface area contributed by atoms with Gasteiger partial charge in [-0.3, -0.25) is 4.79 Å². The number of aromatic nitrogens is 2. The quantitative estimate of drug-likeness (QED) is 0.692. The molecular weight excluding hydrogens is 192 g/mol. The second kappa shape index (κ2) is 3.94. The van der Waals surface area contributed by atoms with Crippen molar-refractivity contribution < 1.29 is 4.79 Å². The fourth-order valence-electron chi connectivity index (χ4n) is 1.66. The Morgan fingerprint density at radius 3 is 3.13 bits per heavy atom. The summed E-state index contributed by atoms with van der Waals surface area (Å²) in [5, 5.41) is 2.52. The van der Waals surface area contributed by atoms with Gasteiger partial charge in [-0.2, -0.15) is 0 Å². The molecule has 5 nitrogen and oxygen atoms in total. The maximum absolute atomic E-state index is 11.3. The van der Waals surface area contributed by atoms with Gasteiger partial charge in [0.2, 0.25) is 5.82 Å². The van der Waals surface area contributed by atoms with E-state index in [0.29, 0.717) is 0 Å². The molecule has 2 heterocycles. The first kappa shape index (κ1) is 10.0. The molecule has 0 spiro atoms. The number of amides is 1. The number of nitrogens with one attached hydrogen (secondary N) is 1. The number of nitrogens with zero attached hydrogens (tertiary/aromatic N) is 3. The third kappa shape index (κ3) is 1.97. The van der Waals surface area contributed by atoms with Crippen LogP contribution in [0.5, 0.6) is 0 Å². The lowest BCUT2D eigenvalue weighted by Gasteiger charge is -2.23. The van der Waals surface area contributed by atoms with Crippen LogP contribution in [-0.2, 0) is 13.0 Å². The SMILES string of the molecule is CNC(=O)c1ncc2c(n1)CN(C)CC2. The summed E-state index contributed by atoms with van der Waals surface area (Å²) in [6, 6.07) is 0. The Kier molecular flexibility index (Phi) is 2.64. The number of fused-ring (bicyclic) bond motifs is 1. The molecule has 1 aromatic heterocycles. The lowest BCUT2D eigenvalue weighted by molar-refractivity contribution is 0.0952. The van der Waals surface area contributed by atoms with Crippen LogP contribution in [0.25, 0.3) is 0 Å². The van der Waals surface area contributed by atoms with Gasteiger partial charge in [0, 0.05) is 26.3 Å². The Morgan fingerprint density at radius 1 is 1.60 bits per heavy atom. The molecule has 0 aromatic carbocycles. The third-order valence-corrected chi connectivity index (χ3v) is 2.57. The van der Waals surface area contributed by atoms with Crippen molar-refractivity contribution in [3.8, 4) is 0 Å². The van der Waals surface area contributed by atoms with Crippen LogP contribution in [0.4, 0.5) is 0 Å². The predicted octanol–water partition coefficient (Wildman–Crippen LogP) is -0.176. The van der Waals surface area contributed by atoms with E-state index in [1.807, 2.05) is 7.05 Å². The van der Waals surface area contributed by atoms with Crippen molar-refractivity contribution in [3.05, 3.63) is 23.3 Å². The molecule has 80 valence electrons. The number of rotatable bonds is 1. The van der Waals surface area contributed by atoms with Gasteiger partial charge in [0.15, 0.2) is 0 Å². The molecule has 5 heteroatoms. The number of hydrogen-bond donors (Lipinski definition) is 1. The average Bonchev–Trinajstić information content (AvgIpc) is 2.27. The zero-order chi connectivity index (χ0) is 10.8. The van der Waals surface area contributed by atoms with E-state index in [0.717, 1.165) is 30.8 Å². The van der Waals surface area contributed by atoms with E-state index in [1.54, 1.807) is 13.2 Å². The number of carbonyl (C=O) groups excluding carboxylic acids is 1. The summed E-state index contributed by atoms with van der Waals surface area (Å²) in [6.07, 6.45) is 2.72. The van der Waals surface area contributed by atoms with Gasteiger partial charge in [-0.15, -0.1) is 0 Å². The van der Waals surface area contributed by atoms with Gasteiger partial charge in [-0.25, -0.2) is 9.97 Å². The largest absolute Gasteiger partial charge is 0.352 e. The van der Waals surface area contributed by atoms with Crippen LogP contribution in [0.3, 0.4) is 0 Å². The van der Waals surface area contributed by atoms with Crippen molar-refractivity contribution in [1.82, 2.24) is 20.2 Å². The van der Waals surface area contributed by atoms with Crippen molar-refractivity contribution in [2.24, 2.45) is 0 Å². The summed E-state index contributed by atoms with van der Waals surface area (Å²) in [5.41, 5.74) is 2.12.